The molecule has 9 heteroatoms. The molecular formula is C28H20FN5O2S. The lowest BCUT2D eigenvalue weighted by molar-refractivity contribution is 0.305. The number of pyridine rings is 1. The third-order valence-corrected chi connectivity index (χ3v) is 6.78. The van der Waals surface area contributed by atoms with Gasteiger partial charge in [0.25, 0.3) is 0 Å². The molecule has 182 valence electrons. The van der Waals surface area contributed by atoms with Gasteiger partial charge >= 0.3 is 0 Å². The van der Waals surface area contributed by atoms with Crippen LogP contribution in [0.1, 0.15) is 5.56 Å². The van der Waals surface area contributed by atoms with Gasteiger partial charge in [0, 0.05) is 34.3 Å². The quantitative estimate of drug-likeness (QED) is 0.251. The average Bonchev–Trinajstić information content (AvgIpc) is 3.40. The third kappa shape index (κ3) is 4.89. The SMILES string of the molecule is Oc1ccc(Sc2ccc(OCc3cccc(F)c3)cc2Nc2ccnc3c2cnc2ccnn23)cc1. The lowest BCUT2D eigenvalue weighted by Gasteiger charge is -2.16. The van der Waals surface area contributed by atoms with Crippen molar-refractivity contribution < 1.29 is 14.2 Å². The summed E-state index contributed by atoms with van der Waals surface area (Å²) in [6, 6.07) is 22.9. The van der Waals surface area contributed by atoms with Crippen LogP contribution < -0.4 is 10.1 Å². The first-order chi connectivity index (χ1) is 18.1. The summed E-state index contributed by atoms with van der Waals surface area (Å²) < 4.78 is 21.3. The molecule has 0 amide bonds. The van der Waals surface area contributed by atoms with Gasteiger partial charge in [0.2, 0.25) is 0 Å². The minimum atomic E-state index is -0.298. The number of aromatic nitrogens is 4. The fourth-order valence-electron chi connectivity index (χ4n) is 3.92. The fourth-order valence-corrected chi connectivity index (χ4v) is 4.80. The highest BCUT2D eigenvalue weighted by Crippen LogP contribution is 2.38. The van der Waals surface area contributed by atoms with Gasteiger partial charge in [-0.1, -0.05) is 23.9 Å². The number of hydrogen-bond acceptors (Lipinski definition) is 7. The summed E-state index contributed by atoms with van der Waals surface area (Å²) in [5.74, 6) is 0.547. The minimum absolute atomic E-state index is 0.212. The van der Waals surface area contributed by atoms with Crippen LogP contribution >= 0.6 is 11.8 Å². The maximum absolute atomic E-state index is 13.6. The molecule has 3 heterocycles. The molecule has 0 unspecified atom stereocenters. The van der Waals surface area contributed by atoms with Crippen molar-refractivity contribution in [2.24, 2.45) is 0 Å². The number of ether oxygens (including phenoxy) is 1. The molecule has 0 saturated carbocycles. The lowest BCUT2D eigenvalue weighted by atomic mass is 10.2. The second-order valence-electron chi connectivity index (χ2n) is 8.25. The molecule has 3 aromatic carbocycles. The number of aromatic hydroxyl groups is 1. The van der Waals surface area contributed by atoms with E-state index in [1.165, 1.54) is 12.1 Å². The van der Waals surface area contributed by atoms with E-state index in [0.717, 1.165) is 32.1 Å². The number of hydrogen-bond donors (Lipinski definition) is 2. The number of phenols is 1. The van der Waals surface area contributed by atoms with Crippen LogP contribution in [0.5, 0.6) is 11.5 Å². The number of nitrogens with one attached hydrogen (secondary N) is 1. The van der Waals surface area contributed by atoms with E-state index < -0.39 is 0 Å². The topological polar surface area (TPSA) is 84.6 Å². The predicted molar refractivity (Wildman–Crippen MR) is 141 cm³/mol. The number of fused-ring (bicyclic) bond motifs is 3. The van der Waals surface area contributed by atoms with E-state index in [-0.39, 0.29) is 18.2 Å². The van der Waals surface area contributed by atoms with Gasteiger partial charge in [-0.15, -0.1) is 0 Å². The van der Waals surface area contributed by atoms with E-state index in [4.69, 9.17) is 4.74 Å². The van der Waals surface area contributed by atoms with Crippen molar-refractivity contribution in [2.45, 2.75) is 16.4 Å². The van der Waals surface area contributed by atoms with Gasteiger partial charge < -0.3 is 15.2 Å². The zero-order valence-electron chi connectivity index (χ0n) is 19.4. The zero-order valence-corrected chi connectivity index (χ0v) is 20.2. The summed E-state index contributed by atoms with van der Waals surface area (Å²) in [5, 5.41) is 18.3. The van der Waals surface area contributed by atoms with Crippen molar-refractivity contribution in [3.05, 3.63) is 109 Å². The van der Waals surface area contributed by atoms with Crippen LogP contribution in [-0.2, 0) is 6.61 Å². The highest BCUT2D eigenvalue weighted by atomic mass is 32.2. The van der Waals surface area contributed by atoms with Crippen LogP contribution in [0.15, 0.2) is 107 Å². The molecule has 2 N–H and O–H groups in total. The molecule has 6 rings (SSSR count). The molecule has 37 heavy (non-hydrogen) atoms. The summed E-state index contributed by atoms with van der Waals surface area (Å²) >= 11 is 1.55. The maximum atomic E-state index is 13.6. The molecular weight excluding hydrogens is 489 g/mol. The summed E-state index contributed by atoms with van der Waals surface area (Å²) in [4.78, 5) is 10.9. The number of rotatable bonds is 7. The van der Waals surface area contributed by atoms with E-state index in [1.54, 1.807) is 53.1 Å². The molecule has 0 fully saturated rings. The predicted octanol–water partition coefficient (Wildman–Crippen LogP) is 6.60. The summed E-state index contributed by atoms with van der Waals surface area (Å²) in [5.41, 5.74) is 3.76. The number of benzene rings is 3. The average molecular weight is 510 g/mol. The Balaban J connectivity index is 1.36. The van der Waals surface area contributed by atoms with Crippen LogP contribution in [0.25, 0.3) is 16.7 Å². The first-order valence-electron chi connectivity index (χ1n) is 11.4. The largest absolute Gasteiger partial charge is 0.508 e. The van der Waals surface area contributed by atoms with E-state index in [2.05, 4.69) is 20.4 Å². The Bertz CT molecular complexity index is 1720. The lowest BCUT2D eigenvalue weighted by Crippen LogP contribution is -2.01. The van der Waals surface area contributed by atoms with Crippen molar-refractivity contribution in [1.82, 2.24) is 19.6 Å². The smallest absolute Gasteiger partial charge is 0.166 e. The Morgan fingerprint density at radius 1 is 0.919 bits per heavy atom. The molecule has 0 saturated heterocycles. The second-order valence-corrected chi connectivity index (χ2v) is 9.37. The van der Waals surface area contributed by atoms with Gasteiger partial charge in [-0.05, 0) is 60.2 Å². The highest BCUT2D eigenvalue weighted by molar-refractivity contribution is 7.99. The van der Waals surface area contributed by atoms with Crippen LogP contribution in [-0.4, -0.2) is 24.7 Å². The summed E-state index contributed by atoms with van der Waals surface area (Å²) in [6.07, 6.45) is 5.19. The standard InChI is InChI=1S/C28H20FN5O2S/c29-19-3-1-2-18(14-19)17-36-21-6-9-26(37-22-7-4-20(35)5-8-22)25(15-21)33-24-10-12-30-28-23(24)16-31-27-11-13-32-34(27)28/h1-16,35H,17H2,(H,30,33). The molecule has 6 aromatic rings. The van der Waals surface area contributed by atoms with Crippen molar-refractivity contribution in [3.8, 4) is 11.5 Å². The molecule has 0 radical (unpaired) electrons. The third-order valence-electron chi connectivity index (χ3n) is 5.70. The van der Waals surface area contributed by atoms with Gasteiger partial charge in [0.05, 0.1) is 23.0 Å². The van der Waals surface area contributed by atoms with Crippen molar-refractivity contribution >= 4 is 39.8 Å². The molecule has 0 atom stereocenters. The second kappa shape index (κ2) is 9.79. The van der Waals surface area contributed by atoms with E-state index >= 15 is 0 Å². The first kappa shape index (κ1) is 22.8. The van der Waals surface area contributed by atoms with E-state index in [0.29, 0.717) is 17.0 Å². The molecule has 0 spiro atoms. The monoisotopic (exact) mass is 509 g/mol. The van der Waals surface area contributed by atoms with Crippen molar-refractivity contribution in [1.29, 1.82) is 0 Å². The molecule has 3 aromatic heterocycles. The molecule has 0 aliphatic carbocycles. The number of phenolic OH excluding ortho intramolecular Hbond substituents is 1. The maximum Gasteiger partial charge on any atom is 0.166 e. The Labute approximate surface area is 215 Å². The zero-order chi connectivity index (χ0) is 25.2. The van der Waals surface area contributed by atoms with Crippen molar-refractivity contribution in [2.75, 3.05) is 5.32 Å². The van der Waals surface area contributed by atoms with Gasteiger partial charge in [0.1, 0.15) is 23.9 Å². The Morgan fingerprint density at radius 3 is 2.68 bits per heavy atom. The minimum Gasteiger partial charge on any atom is -0.508 e. The van der Waals surface area contributed by atoms with Crippen LogP contribution in [0.3, 0.4) is 0 Å². The fraction of sp³-hybridized carbons (Fsp3) is 0.0357. The summed E-state index contributed by atoms with van der Waals surface area (Å²) in [6.45, 7) is 0.237. The normalized spacial score (nSPS) is 11.2. The highest BCUT2D eigenvalue weighted by Gasteiger charge is 2.12. The van der Waals surface area contributed by atoms with Gasteiger partial charge in [-0.2, -0.15) is 9.61 Å². The Morgan fingerprint density at radius 2 is 1.81 bits per heavy atom. The van der Waals surface area contributed by atoms with Gasteiger partial charge in [-0.3, -0.25) is 0 Å². The van der Waals surface area contributed by atoms with E-state index in [1.807, 2.05) is 48.5 Å². The summed E-state index contributed by atoms with van der Waals surface area (Å²) in [7, 11) is 0. The molecule has 0 bridgehead atoms. The molecule has 7 nitrogen and oxygen atoms in total. The first-order valence-corrected chi connectivity index (χ1v) is 12.3. The van der Waals surface area contributed by atoms with E-state index in [9.17, 15) is 9.50 Å². The van der Waals surface area contributed by atoms with Gasteiger partial charge in [0.15, 0.2) is 11.3 Å². The number of anilines is 2. The number of halogens is 1. The molecule has 0 aliphatic rings. The Kier molecular flexibility index (Phi) is 6.03. The van der Waals surface area contributed by atoms with Gasteiger partial charge in [-0.25, -0.2) is 14.4 Å². The molecule has 0 aliphatic heterocycles. The number of nitrogens with zero attached hydrogens (tertiary/aromatic N) is 4. The van der Waals surface area contributed by atoms with Crippen LogP contribution in [0.2, 0.25) is 0 Å². The van der Waals surface area contributed by atoms with Crippen molar-refractivity contribution in [3.63, 3.8) is 0 Å². The van der Waals surface area contributed by atoms with Crippen LogP contribution in [0, 0.1) is 5.82 Å². The van der Waals surface area contributed by atoms with Crippen LogP contribution in [0.4, 0.5) is 15.8 Å². The Hall–Kier alpha value is -4.63.